The van der Waals surface area contributed by atoms with Crippen LogP contribution in [0.15, 0.2) is 16.7 Å². The second-order valence-corrected chi connectivity index (χ2v) is 4.31. The first-order valence-electron chi connectivity index (χ1n) is 5.72. The smallest absolute Gasteiger partial charge is 0.257 e. The summed E-state index contributed by atoms with van der Waals surface area (Å²) in [6.07, 6.45) is 3.77. The predicted octanol–water partition coefficient (Wildman–Crippen LogP) is 1.41. The van der Waals surface area contributed by atoms with E-state index < -0.39 is 0 Å². The van der Waals surface area contributed by atoms with E-state index in [1.807, 2.05) is 18.9 Å². The lowest BCUT2D eigenvalue weighted by atomic mass is 10.1. The number of nitrogens with one attached hydrogen (secondary N) is 1. The van der Waals surface area contributed by atoms with Crippen LogP contribution in [0.1, 0.15) is 29.0 Å². The Hall–Kier alpha value is -1.29. The van der Waals surface area contributed by atoms with Gasteiger partial charge in [0.1, 0.15) is 5.76 Å². The second kappa shape index (κ2) is 4.70. The third-order valence-electron chi connectivity index (χ3n) is 3.23. The molecule has 1 atom stereocenters. The molecule has 4 heteroatoms. The SMILES string of the molecule is Cc1occc1C(=O)N(C)C1CCCNC1. The minimum Gasteiger partial charge on any atom is -0.469 e. The molecule has 0 spiro atoms. The predicted molar refractivity (Wildman–Crippen MR) is 61.4 cm³/mol. The average Bonchev–Trinajstić information content (AvgIpc) is 2.75. The number of carbonyl (C=O) groups is 1. The first kappa shape index (κ1) is 11.2. The van der Waals surface area contributed by atoms with Crippen molar-refractivity contribution in [3.05, 3.63) is 23.7 Å². The van der Waals surface area contributed by atoms with Crippen molar-refractivity contribution < 1.29 is 9.21 Å². The van der Waals surface area contributed by atoms with Crippen molar-refractivity contribution in [2.24, 2.45) is 0 Å². The molecule has 1 saturated heterocycles. The van der Waals surface area contributed by atoms with E-state index in [1.54, 1.807) is 12.3 Å². The number of carbonyl (C=O) groups excluding carboxylic acids is 1. The molecule has 0 bridgehead atoms. The molecule has 1 aromatic rings. The Bertz CT molecular complexity index is 367. The van der Waals surface area contributed by atoms with Crippen LogP contribution in [-0.2, 0) is 0 Å². The van der Waals surface area contributed by atoms with Crippen LogP contribution in [0, 0.1) is 6.92 Å². The molecule has 1 unspecified atom stereocenters. The number of nitrogens with zero attached hydrogens (tertiary/aromatic N) is 1. The lowest BCUT2D eigenvalue weighted by Gasteiger charge is -2.31. The molecule has 2 rings (SSSR count). The Morgan fingerprint density at radius 2 is 2.44 bits per heavy atom. The van der Waals surface area contributed by atoms with Crippen LogP contribution in [0.3, 0.4) is 0 Å². The van der Waals surface area contributed by atoms with Crippen molar-refractivity contribution in [3.8, 4) is 0 Å². The lowest BCUT2D eigenvalue weighted by molar-refractivity contribution is 0.0706. The van der Waals surface area contributed by atoms with Crippen molar-refractivity contribution in [2.75, 3.05) is 20.1 Å². The summed E-state index contributed by atoms with van der Waals surface area (Å²) in [5, 5.41) is 3.31. The molecule has 1 aliphatic rings. The zero-order valence-corrected chi connectivity index (χ0v) is 9.82. The summed E-state index contributed by atoms with van der Waals surface area (Å²) in [4.78, 5) is 14.0. The summed E-state index contributed by atoms with van der Waals surface area (Å²) in [5.74, 6) is 0.751. The normalized spacial score (nSPS) is 20.8. The largest absolute Gasteiger partial charge is 0.469 e. The number of amides is 1. The molecular weight excluding hydrogens is 204 g/mol. The van der Waals surface area contributed by atoms with Crippen LogP contribution in [0.25, 0.3) is 0 Å². The topological polar surface area (TPSA) is 45.5 Å². The zero-order chi connectivity index (χ0) is 11.5. The summed E-state index contributed by atoms with van der Waals surface area (Å²) in [7, 11) is 1.87. The van der Waals surface area contributed by atoms with Crippen molar-refractivity contribution in [3.63, 3.8) is 0 Å². The zero-order valence-electron chi connectivity index (χ0n) is 9.82. The van der Waals surface area contributed by atoms with Gasteiger partial charge in [-0.3, -0.25) is 4.79 Å². The van der Waals surface area contributed by atoms with Gasteiger partial charge in [0.25, 0.3) is 5.91 Å². The number of hydrogen-bond donors (Lipinski definition) is 1. The third-order valence-corrected chi connectivity index (χ3v) is 3.23. The van der Waals surface area contributed by atoms with E-state index in [-0.39, 0.29) is 5.91 Å². The molecule has 1 aliphatic heterocycles. The number of hydrogen-bond acceptors (Lipinski definition) is 3. The van der Waals surface area contributed by atoms with Gasteiger partial charge in [-0.05, 0) is 32.4 Å². The molecule has 0 aromatic carbocycles. The summed E-state index contributed by atoms with van der Waals surface area (Å²) >= 11 is 0. The number of piperidine rings is 1. The van der Waals surface area contributed by atoms with Crippen LogP contribution >= 0.6 is 0 Å². The molecule has 2 heterocycles. The number of likely N-dealkylation sites (N-methyl/N-ethyl adjacent to an activating group) is 1. The molecular formula is C12H18N2O2. The molecule has 16 heavy (non-hydrogen) atoms. The number of furan rings is 1. The average molecular weight is 222 g/mol. The number of aryl methyl sites for hydroxylation is 1. The maximum atomic E-state index is 12.2. The van der Waals surface area contributed by atoms with Gasteiger partial charge in [-0.15, -0.1) is 0 Å². The Morgan fingerprint density at radius 1 is 1.62 bits per heavy atom. The fraction of sp³-hybridized carbons (Fsp3) is 0.583. The van der Waals surface area contributed by atoms with Gasteiger partial charge in [0.2, 0.25) is 0 Å². The van der Waals surface area contributed by atoms with E-state index in [2.05, 4.69) is 5.32 Å². The maximum Gasteiger partial charge on any atom is 0.257 e. The summed E-state index contributed by atoms with van der Waals surface area (Å²) in [6, 6.07) is 2.04. The highest BCUT2D eigenvalue weighted by Crippen LogP contribution is 2.15. The van der Waals surface area contributed by atoms with E-state index in [0.29, 0.717) is 17.4 Å². The summed E-state index contributed by atoms with van der Waals surface area (Å²) in [5.41, 5.74) is 0.674. The Morgan fingerprint density at radius 3 is 3.00 bits per heavy atom. The quantitative estimate of drug-likeness (QED) is 0.823. The van der Waals surface area contributed by atoms with E-state index in [0.717, 1.165) is 25.9 Å². The van der Waals surface area contributed by atoms with Gasteiger partial charge in [-0.1, -0.05) is 0 Å². The molecule has 0 radical (unpaired) electrons. The van der Waals surface area contributed by atoms with Gasteiger partial charge in [-0.2, -0.15) is 0 Å². The van der Waals surface area contributed by atoms with Crippen LogP contribution in [-0.4, -0.2) is 37.0 Å². The Labute approximate surface area is 95.6 Å². The molecule has 1 amide bonds. The van der Waals surface area contributed by atoms with E-state index in [4.69, 9.17) is 4.42 Å². The molecule has 4 nitrogen and oxygen atoms in total. The van der Waals surface area contributed by atoms with Crippen molar-refractivity contribution in [1.29, 1.82) is 0 Å². The fourth-order valence-electron chi connectivity index (χ4n) is 2.13. The maximum absolute atomic E-state index is 12.2. The monoisotopic (exact) mass is 222 g/mol. The standard InChI is InChI=1S/C12H18N2O2/c1-9-11(5-7-16-9)12(15)14(2)10-4-3-6-13-8-10/h5,7,10,13H,3-4,6,8H2,1-2H3. The molecule has 1 N–H and O–H groups in total. The first-order valence-corrected chi connectivity index (χ1v) is 5.72. The highest BCUT2D eigenvalue weighted by molar-refractivity contribution is 5.95. The highest BCUT2D eigenvalue weighted by atomic mass is 16.3. The Balaban J connectivity index is 2.06. The molecule has 1 fully saturated rings. The molecule has 88 valence electrons. The van der Waals surface area contributed by atoms with Crippen LogP contribution in [0.4, 0.5) is 0 Å². The van der Waals surface area contributed by atoms with Gasteiger partial charge in [0, 0.05) is 19.6 Å². The van der Waals surface area contributed by atoms with Gasteiger partial charge in [-0.25, -0.2) is 0 Å². The minimum absolute atomic E-state index is 0.0555. The Kier molecular flexibility index (Phi) is 3.29. The van der Waals surface area contributed by atoms with Crippen LogP contribution in [0.2, 0.25) is 0 Å². The van der Waals surface area contributed by atoms with Crippen LogP contribution < -0.4 is 5.32 Å². The molecule has 0 aliphatic carbocycles. The van der Waals surface area contributed by atoms with Crippen molar-refractivity contribution in [2.45, 2.75) is 25.8 Å². The van der Waals surface area contributed by atoms with Crippen molar-refractivity contribution >= 4 is 5.91 Å². The fourth-order valence-corrected chi connectivity index (χ4v) is 2.13. The van der Waals surface area contributed by atoms with Gasteiger partial charge < -0.3 is 14.6 Å². The molecule has 0 saturated carbocycles. The summed E-state index contributed by atoms with van der Waals surface area (Å²) in [6.45, 7) is 3.77. The highest BCUT2D eigenvalue weighted by Gasteiger charge is 2.24. The number of rotatable bonds is 2. The van der Waals surface area contributed by atoms with E-state index in [9.17, 15) is 4.79 Å². The second-order valence-electron chi connectivity index (χ2n) is 4.31. The minimum atomic E-state index is 0.0555. The van der Waals surface area contributed by atoms with Crippen molar-refractivity contribution in [1.82, 2.24) is 10.2 Å². The first-order chi connectivity index (χ1) is 7.70. The van der Waals surface area contributed by atoms with Gasteiger partial charge in [0.05, 0.1) is 11.8 Å². The summed E-state index contributed by atoms with van der Waals surface area (Å²) < 4.78 is 5.16. The molecule has 1 aromatic heterocycles. The van der Waals surface area contributed by atoms with E-state index >= 15 is 0 Å². The van der Waals surface area contributed by atoms with Gasteiger partial charge in [0.15, 0.2) is 0 Å². The lowest BCUT2D eigenvalue weighted by Crippen LogP contribution is -2.46. The van der Waals surface area contributed by atoms with Gasteiger partial charge >= 0.3 is 0 Å². The van der Waals surface area contributed by atoms with Crippen LogP contribution in [0.5, 0.6) is 0 Å². The van der Waals surface area contributed by atoms with E-state index in [1.165, 1.54) is 0 Å². The third kappa shape index (κ3) is 2.11.